The molecular weight excluding hydrogens is 276 g/mol. The molecule has 0 saturated heterocycles. The minimum atomic E-state index is -3.77. The first-order chi connectivity index (χ1) is 8.53. The molecule has 0 aliphatic heterocycles. The third kappa shape index (κ3) is 2.66. The fraction of sp³-hybridized carbons (Fsp3) is 0.200. The van der Waals surface area contributed by atoms with E-state index in [4.69, 9.17) is 0 Å². The Balaban J connectivity index is 2.26. The highest BCUT2D eigenvalue weighted by molar-refractivity contribution is 7.91. The van der Waals surface area contributed by atoms with E-state index >= 15 is 0 Å². The summed E-state index contributed by atoms with van der Waals surface area (Å²) in [5, 5.41) is 0. The minimum Gasteiger partial charge on any atom is -0.468 e. The molecule has 0 amide bonds. The number of carbonyl (C=O) groups excluding carboxylic acids is 1. The van der Waals surface area contributed by atoms with Crippen molar-refractivity contribution in [3.8, 4) is 0 Å². The summed E-state index contributed by atoms with van der Waals surface area (Å²) in [6, 6.07) is 7.09. The molecule has 8 heteroatoms. The van der Waals surface area contributed by atoms with Crippen LogP contribution in [0.5, 0.6) is 0 Å². The fourth-order valence-electron chi connectivity index (χ4n) is 1.25. The molecule has 2 aromatic rings. The minimum absolute atomic E-state index is 0.0624. The van der Waals surface area contributed by atoms with Crippen molar-refractivity contribution in [2.75, 3.05) is 13.7 Å². The zero-order valence-corrected chi connectivity index (χ0v) is 11.0. The Morgan fingerprint density at radius 3 is 2.83 bits per heavy atom. The second-order valence-corrected chi connectivity index (χ2v) is 6.32. The van der Waals surface area contributed by atoms with E-state index in [1.165, 1.54) is 7.11 Å². The molecule has 1 aromatic heterocycles. The number of ether oxygens (including phenoxy) is 1. The Hall–Kier alpha value is -1.51. The Morgan fingerprint density at radius 1 is 1.44 bits per heavy atom. The number of rotatable bonds is 4. The third-order valence-electron chi connectivity index (χ3n) is 2.14. The standard InChI is InChI=1S/C10H10N2O4S2/c1-16-9(13)6-11-18(14,15)10-12-7-4-2-3-5-8(7)17-10/h2-5,11H,6H2,1H3. The average Bonchev–Trinajstić information content (AvgIpc) is 2.80. The number of para-hydroxylation sites is 1. The summed E-state index contributed by atoms with van der Waals surface area (Å²) < 4.78 is 30.9. The number of carbonyl (C=O) groups is 1. The number of aromatic nitrogens is 1. The van der Waals surface area contributed by atoms with E-state index in [-0.39, 0.29) is 4.34 Å². The summed E-state index contributed by atoms with van der Waals surface area (Å²) in [7, 11) is -2.58. The van der Waals surface area contributed by atoms with Crippen molar-refractivity contribution in [1.82, 2.24) is 9.71 Å². The van der Waals surface area contributed by atoms with E-state index < -0.39 is 22.5 Å². The molecule has 1 heterocycles. The van der Waals surface area contributed by atoms with Crippen LogP contribution >= 0.6 is 11.3 Å². The Kier molecular flexibility index (Phi) is 3.60. The van der Waals surface area contributed by atoms with Gasteiger partial charge in [0.05, 0.1) is 17.3 Å². The van der Waals surface area contributed by atoms with Crippen molar-refractivity contribution in [2.24, 2.45) is 0 Å². The first-order valence-corrected chi connectivity index (χ1v) is 7.25. The summed E-state index contributed by atoms with van der Waals surface area (Å²) in [4.78, 5) is 14.9. The van der Waals surface area contributed by atoms with Gasteiger partial charge < -0.3 is 4.74 Å². The molecule has 0 unspecified atom stereocenters. The summed E-state index contributed by atoms with van der Waals surface area (Å²) in [5.74, 6) is -0.653. The highest BCUT2D eigenvalue weighted by atomic mass is 32.2. The zero-order chi connectivity index (χ0) is 13.2. The van der Waals surface area contributed by atoms with Crippen LogP contribution in [-0.2, 0) is 19.6 Å². The van der Waals surface area contributed by atoms with Gasteiger partial charge in [-0.05, 0) is 12.1 Å². The van der Waals surface area contributed by atoms with Crippen LogP contribution in [0.1, 0.15) is 0 Å². The van der Waals surface area contributed by atoms with Crippen LogP contribution in [0, 0.1) is 0 Å². The maximum absolute atomic E-state index is 11.9. The van der Waals surface area contributed by atoms with Gasteiger partial charge in [0.2, 0.25) is 4.34 Å². The monoisotopic (exact) mass is 286 g/mol. The van der Waals surface area contributed by atoms with Crippen molar-refractivity contribution in [3.05, 3.63) is 24.3 Å². The van der Waals surface area contributed by atoms with Crippen molar-refractivity contribution < 1.29 is 17.9 Å². The summed E-state index contributed by atoms with van der Waals surface area (Å²) in [6.07, 6.45) is 0. The quantitative estimate of drug-likeness (QED) is 0.838. The molecule has 96 valence electrons. The van der Waals surface area contributed by atoms with Gasteiger partial charge in [-0.1, -0.05) is 12.1 Å². The van der Waals surface area contributed by atoms with E-state index in [0.717, 1.165) is 16.0 Å². The molecule has 0 bridgehead atoms. The van der Waals surface area contributed by atoms with E-state index in [1.807, 2.05) is 0 Å². The van der Waals surface area contributed by atoms with Crippen LogP contribution in [0.3, 0.4) is 0 Å². The van der Waals surface area contributed by atoms with Gasteiger partial charge in [0.25, 0.3) is 10.0 Å². The highest BCUT2D eigenvalue weighted by Crippen LogP contribution is 2.24. The fourth-order valence-corrected chi connectivity index (χ4v) is 3.49. The van der Waals surface area contributed by atoms with Crippen LogP contribution in [0.15, 0.2) is 28.6 Å². The molecule has 0 atom stereocenters. The molecule has 0 aliphatic carbocycles. The van der Waals surface area contributed by atoms with Crippen molar-refractivity contribution in [1.29, 1.82) is 0 Å². The number of thiazole rings is 1. The SMILES string of the molecule is COC(=O)CNS(=O)(=O)c1nc2ccccc2s1. The Bertz CT molecular complexity index is 645. The first kappa shape index (κ1) is 12.9. The van der Waals surface area contributed by atoms with E-state index in [2.05, 4.69) is 14.4 Å². The lowest BCUT2D eigenvalue weighted by atomic mass is 10.3. The average molecular weight is 286 g/mol. The number of benzene rings is 1. The molecule has 0 aliphatic rings. The van der Waals surface area contributed by atoms with Crippen molar-refractivity contribution in [2.45, 2.75) is 4.34 Å². The summed E-state index contributed by atoms with van der Waals surface area (Å²) in [5.41, 5.74) is 0.612. The Morgan fingerprint density at radius 2 is 2.17 bits per heavy atom. The van der Waals surface area contributed by atoms with Gasteiger partial charge in [0.15, 0.2) is 0 Å². The number of hydrogen-bond donors (Lipinski definition) is 1. The van der Waals surface area contributed by atoms with Gasteiger partial charge >= 0.3 is 5.97 Å². The smallest absolute Gasteiger partial charge is 0.320 e. The molecule has 2 rings (SSSR count). The zero-order valence-electron chi connectivity index (χ0n) is 9.41. The number of sulfonamides is 1. The second-order valence-electron chi connectivity index (χ2n) is 3.35. The van der Waals surface area contributed by atoms with Gasteiger partial charge in [-0.2, -0.15) is 4.72 Å². The number of esters is 1. The van der Waals surface area contributed by atoms with E-state index in [0.29, 0.717) is 5.52 Å². The maximum atomic E-state index is 11.9. The summed E-state index contributed by atoms with van der Waals surface area (Å²) >= 11 is 1.05. The van der Waals surface area contributed by atoms with Crippen LogP contribution in [0.25, 0.3) is 10.2 Å². The van der Waals surface area contributed by atoms with Gasteiger partial charge in [-0.3, -0.25) is 4.79 Å². The number of nitrogens with zero attached hydrogens (tertiary/aromatic N) is 1. The molecule has 1 N–H and O–H groups in total. The lowest BCUT2D eigenvalue weighted by Crippen LogP contribution is -2.30. The largest absolute Gasteiger partial charge is 0.468 e. The lowest BCUT2D eigenvalue weighted by Gasteiger charge is -2.01. The van der Waals surface area contributed by atoms with Gasteiger partial charge in [0, 0.05) is 0 Å². The number of hydrogen-bond acceptors (Lipinski definition) is 6. The number of nitrogens with one attached hydrogen (secondary N) is 1. The van der Waals surface area contributed by atoms with Gasteiger partial charge in [-0.15, -0.1) is 11.3 Å². The topological polar surface area (TPSA) is 85.4 Å². The van der Waals surface area contributed by atoms with Crippen molar-refractivity contribution >= 4 is 37.5 Å². The second kappa shape index (κ2) is 5.01. The predicted molar refractivity (Wildman–Crippen MR) is 66.8 cm³/mol. The van der Waals surface area contributed by atoms with Crippen LogP contribution in [0.2, 0.25) is 0 Å². The maximum Gasteiger partial charge on any atom is 0.320 e. The molecule has 18 heavy (non-hydrogen) atoms. The molecule has 1 aromatic carbocycles. The highest BCUT2D eigenvalue weighted by Gasteiger charge is 2.20. The van der Waals surface area contributed by atoms with Gasteiger partial charge in [0.1, 0.15) is 6.54 Å². The molecule has 0 radical (unpaired) electrons. The van der Waals surface area contributed by atoms with E-state index in [9.17, 15) is 13.2 Å². The van der Waals surface area contributed by atoms with Crippen LogP contribution in [-0.4, -0.2) is 33.0 Å². The predicted octanol–water partition coefficient (Wildman–Crippen LogP) is 0.748. The normalized spacial score (nSPS) is 11.6. The Labute approximate surface area is 108 Å². The molecule has 0 fully saturated rings. The number of methoxy groups -OCH3 is 1. The van der Waals surface area contributed by atoms with E-state index in [1.54, 1.807) is 24.3 Å². The third-order valence-corrected chi connectivity index (χ3v) is 4.95. The van der Waals surface area contributed by atoms with Gasteiger partial charge in [-0.25, -0.2) is 13.4 Å². The van der Waals surface area contributed by atoms with Crippen LogP contribution < -0.4 is 4.72 Å². The molecular formula is C10H10N2O4S2. The first-order valence-electron chi connectivity index (χ1n) is 4.95. The summed E-state index contributed by atoms with van der Waals surface area (Å²) in [6.45, 7) is -0.408. The molecule has 0 spiro atoms. The van der Waals surface area contributed by atoms with Crippen LogP contribution in [0.4, 0.5) is 0 Å². The lowest BCUT2D eigenvalue weighted by molar-refractivity contribution is -0.139. The number of fused-ring (bicyclic) bond motifs is 1. The molecule has 6 nitrogen and oxygen atoms in total. The molecule has 0 saturated carbocycles. The van der Waals surface area contributed by atoms with Crippen molar-refractivity contribution in [3.63, 3.8) is 0 Å².